The molecule has 1 aliphatic rings. The summed E-state index contributed by atoms with van der Waals surface area (Å²) in [6, 6.07) is 0. The molecule has 0 fully saturated rings. The normalized spacial score (nSPS) is 21.0. The second kappa shape index (κ2) is 9.82. The zero-order valence-electron chi connectivity index (χ0n) is 19.8. The molecule has 0 aromatic rings. The van der Waals surface area contributed by atoms with Crippen LogP contribution in [0.1, 0.15) is 62.3 Å². The summed E-state index contributed by atoms with van der Waals surface area (Å²) in [5.41, 5.74) is 10.8. The van der Waals surface area contributed by atoms with Gasteiger partial charge in [-0.1, -0.05) is 56.7 Å². The molecule has 0 saturated carbocycles. The van der Waals surface area contributed by atoms with Crippen molar-refractivity contribution < 1.29 is 0 Å². The van der Waals surface area contributed by atoms with Crippen LogP contribution in [0.2, 0.25) is 0 Å². The van der Waals surface area contributed by atoms with Crippen LogP contribution in [-0.2, 0) is 0 Å². The second-order valence-electron chi connectivity index (χ2n) is 8.47. The first-order chi connectivity index (χ1) is 13.0. The van der Waals surface area contributed by atoms with E-state index >= 15 is 0 Å². The molecule has 0 amide bonds. The van der Waals surface area contributed by atoms with Gasteiger partial charge in [0, 0.05) is 25.2 Å². The Balaban J connectivity index is 3.71. The molecule has 0 aromatic heterocycles. The van der Waals surface area contributed by atoms with Crippen LogP contribution in [-0.4, -0.2) is 25.5 Å². The predicted octanol–water partition coefficient (Wildman–Crippen LogP) is 7.24. The van der Waals surface area contributed by atoms with Gasteiger partial charge in [0.1, 0.15) is 0 Å². The maximum atomic E-state index is 4.66. The first kappa shape index (κ1) is 23.8. The van der Waals surface area contributed by atoms with E-state index in [-0.39, 0.29) is 5.41 Å². The lowest BCUT2D eigenvalue weighted by Gasteiger charge is -2.27. The van der Waals surface area contributed by atoms with Gasteiger partial charge in [-0.05, 0) is 69.2 Å². The molecule has 0 saturated heterocycles. The molecule has 0 heterocycles. The van der Waals surface area contributed by atoms with Crippen molar-refractivity contribution in [1.82, 2.24) is 0 Å². The van der Waals surface area contributed by atoms with Crippen molar-refractivity contribution in [3.05, 3.63) is 69.4 Å². The molecule has 0 atom stereocenters. The topological polar surface area (TPSA) is 24.7 Å². The van der Waals surface area contributed by atoms with Gasteiger partial charge in [-0.2, -0.15) is 0 Å². The molecule has 0 N–H and O–H groups in total. The van der Waals surface area contributed by atoms with Crippen molar-refractivity contribution in [2.24, 2.45) is 15.4 Å². The summed E-state index contributed by atoms with van der Waals surface area (Å²) < 4.78 is 0. The van der Waals surface area contributed by atoms with E-state index < -0.39 is 0 Å². The van der Waals surface area contributed by atoms with Gasteiger partial charge in [0.05, 0.1) is 11.4 Å². The Morgan fingerprint density at radius 3 is 1.54 bits per heavy atom. The minimum Gasteiger partial charge on any atom is -0.286 e. The van der Waals surface area contributed by atoms with Gasteiger partial charge in [-0.3, -0.25) is 9.98 Å². The van der Waals surface area contributed by atoms with Crippen LogP contribution in [0.15, 0.2) is 79.4 Å². The fourth-order valence-electron chi connectivity index (χ4n) is 3.27. The Morgan fingerprint density at radius 2 is 1.18 bits per heavy atom. The van der Waals surface area contributed by atoms with Crippen molar-refractivity contribution in [2.75, 3.05) is 14.1 Å². The van der Waals surface area contributed by atoms with E-state index in [1.807, 2.05) is 27.1 Å². The third kappa shape index (κ3) is 5.19. The molecular weight excluding hydrogens is 340 g/mol. The number of allylic oxidation sites excluding steroid dienone is 12. The molecule has 1 aliphatic carbocycles. The Bertz CT molecular complexity index is 855. The van der Waals surface area contributed by atoms with Crippen LogP contribution in [0.5, 0.6) is 0 Å². The summed E-state index contributed by atoms with van der Waals surface area (Å²) in [5, 5.41) is 0. The van der Waals surface area contributed by atoms with E-state index in [1.165, 1.54) is 39.0 Å². The lowest BCUT2D eigenvalue weighted by molar-refractivity contribution is 0.504. The predicted molar refractivity (Wildman–Crippen MR) is 128 cm³/mol. The first-order valence-electron chi connectivity index (χ1n) is 10.0. The van der Waals surface area contributed by atoms with Crippen molar-refractivity contribution >= 4 is 11.4 Å². The molecule has 152 valence electrons. The zero-order chi connectivity index (χ0) is 21.6. The molecule has 0 spiro atoms. The fraction of sp³-hybridized carbons (Fsp3) is 0.462. The number of aliphatic imine (C=N–C) groups is 2. The van der Waals surface area contributed by atoms with Gasteiger partial charge in [-0.15, -0.1) is 0 Å². The van der Waals surface area contributed by atoms with Crippen LogP contribution in [0.4, 0.5) is 0 Å². The van der Waals surface area contributed by atoms with Crippen LogP contribution < -0.4 is 0 Å². The molecule has 2 heteroatoms. The molecule has 0 aromatic carbocycles. The lowest BCUT2D eigenvalue weighted by Crippen LogP contribution is -2.27. The molecule has 0 bridgehead atoms. The van der Waals surface area contributed by atoms with Crippen LogP contribution in [0, 0.1) is 5.41 Å². The SMILES string of the molecule is C/C=C\C=C(/C)C1=C(C)C(C)=C(/C(C)=C/C=C(\C)C(C)(C)C)C(=NC)C1=NC. The average molecular weight is 379 g/mol. The Kier molecular flexibility index (Phi) is 8.35. The number of nitrogens with zero attached hydrogens (tertiary/aromatic N) is 2. The van der Waals surface area contributed by atoms with Crippen molar-refractivity contribution in [3.8, 4) is 0 Å². The minimum absolute atomic E-state index is 0.169. The zero-order valence-corrected chi connectivity index (χ0v) is 19.8. The van der Waals surface area contributed by atoms with Gasteiger partial charge in [0.2, 0.25) is 0 Å². The summed E-state index contributed by atoms with van der Waals surface area (Å²) in [7, 11) is 3.72. The molecule has 1 rings (SSSR count). The van der Waals surface area contributed by atoms with E-state index in [4.69, 9.17) is 0 Å². The number of hydrogen-bond donors (Lipinski definition) is 0. The highest BCUT2D eigenvalue weighted by Gasteiger charge is 2.28. The van der Waals surface area contributed by atoms with Gasteiger partial charge < -0.3 is 0 Å². The quantitative estimate of drug-likeness (QED) is 0.364. The van der Waals surface area contributed by atoms with Crippen molar-refractivity contribution in [2.45, 2.75) is 62.3 Å². The third-order valence-electron chi connectivity index (χ3n) is 5.55. The van der Waals surface area contributed by atoms with Crippen LogP contribution >= 0.6 is 0 Å². The highest BCUT2D eigenvalue weighted by atomic mass is 14.8. The third-order valence-corrected chi connectivity index (χ3v) is 5.55. The molecular formula is C26H38N2. The Morgan fingerprint density at radius 1 is 0.750 bits per heavy atom. The largest absolute Gasteiger partial charge is 0.286 e. The van der Waals surface area contributed by atoms with Crippen LogP contribution in [0.25, 0.3) is 0 Å². The monoisotopic (exact) mass is 378 g/mol. The van der Waals surface area contributed by atoms with Gasteiger partial charge in [0.15, 0.2) is 0 Å². The molecule has 0 aliphatic heterocycles. The summed E-state index contributed by atoms with van der Waals surface area (Å²) >= 11 is 0. The number of rotatable bonds is 4. The highest BCUT2D eigenvalue weighted by Crippen LogP contribution is 2.34. The van der Waals surface area contributed by atoms with Gasteiger partial charge in [-0.25, -0.2) is 0 Å². The van der Waals surface area contributed by atoms with E-state index in [2.05, 4.69) is 89.7 Å². The highest BCUT2D eigenvalue weighted by molar-refractivity contribution is 6.56. The van der Waals surface area contributed by atoms with Crippen LogP contribution in [0.3, 0.4) is 0 Å². The lowest BCUT2D eigenvalue weighted by atomic mass is 9.78. The Hall–Kier alpha value is -2.22. The minimum atomic E-state index is 0.169. The summed E-state index contributed by atoms with van der Waals surface area (Å²) in [5.74, 6) is 0. The molecule has 2 nitrogen and oxygen atoms in total. The van der Waals surface area contributed by atoms with E-state index in [0.29, 0.717) is 0 Å². The molecule has 28 heavy (non-hydrogen) atoms. The fourth-order valence-corrected chi connectivity index (χ4v) is 3.27. The average Bonchev–Trinajstić information content (AvgIpc) is 2.64. The molecule has 0 unspecified atom stereocenters. The van der Waals surface area contributed by atoms with Gasteiger partial charge >= 0.3 is 0 Å². The summed E-state index contributed by atoms with van der Waals surface area (Å²) in [6.45, 7) is 19.7. The number of hydrogen-bond acceptors (Lipinski definition) is 2. The summed E-state index contributed by atoms with van der Waals surface area (Å²) in [4.78, 5) is 9.31. The molecule has 0 radical (unpaired) electrons. The summed E-state index contributed by atoms with van der Waals surface area (Å²) in [6.07, 6.45) is 10.7. The standard InChI is InChI=1S/C26H38N2/c1-12-13-14-17(2)22-20(5)21(6)23(25(28-11)24(22)27-10)18(3)15-16-19(4)26(7,8)9/h12-16H,1-11H3/b13-12-,17-14+,18-15+,19-16+,27-24?,28-25?. The maximum absolute atomic E-state index is 4.66. The van der Waals surface area contributed by atoms with Crippen molar-refractivity contribution in [1.29, 1.82) is 0 Å². The van der Waals surface area contributed by atoms with E-state index in [0.717, 1.165) is 11.4 Å². The first-order valence-corrected chi connectivity index (χ1v) is 10.0. The van der Waals surface area contributed by atoms with E-state index in [1.54, 1.807) is 0 Å². The maximum Gasteiger partial charge on any atom is 0.0906 e. The van der Waals surface area contributed by atoms with Crippen molar-refractivity contribution in [3.63, 3.8) is 0 Å². The Labute approximate surface area is 173 Å². The second-order valence-corrected chi connectivity index (χ2v) is 8.47. The van der Waals surface area contributed by atoms with E-state index in [9.17, 15) is 0 Å². The van der Waals surface area contributed by atoms with Gasteiger partial charge in [0.25, 0.3) is 0 Å². The smallest absolute Gasteiger partial charge is 0.0906 e.